The van der Waals surface area contributed by atoms with E-state index >= 15 is 0 Å². The van der Waals surface area contributed by atoms with E-state index in [-0.39, 0.29) is 17.7 Å². The molecule has 1 heterocycles. The van der Waals surface area contributed by atoms with Crippen LogP contribution >= 0.6 is 0 Å². The quantitative estimate of drug-likeness (QED) is 0.766. The van der Waals surface area contributed by atoms with Crippen LogP contribution in [-0.2, 0) is 24.3 Å². The van der Waals surface area contributed by atoms with Gasteiger partial charge in [0.1, 0.15) is 0 Å². The second-order valence-electron chi connectivity index (χ2n) is 7.05. The van der Waals surface area contributed by atoms with E-state index in [2.05, 4.69) is 0 Å². The average Bonchev–Trinajstić information content (AvgIpc) is 3.13. The zero-order chi connectivity index (χ0) is 18.2. The maximum Gasteiger partial charge on any atom is 0.307 e. The first-order valence-corrected chi connectivity index (χ1v) is 9.95. The Morgan fingerprint density at radius 3 is 2.40 bits per heavy atom. The molecule has 1 atom stereocenters. The Hall–Kier alpha value is -1.89. The largest absolute Gasteiger partial charge is 0.469 e. The van der Waals surface area contributed by atoms with Crippen molar-refractivity contribution in [3.05, 3.63) is 29.8 Å². The molecule has 1 spiro atoms. The molecular formula is C18H23NO5S. The first-order chi connectivity index (χ1) is 11.8. The highest BCUT2D eigenvalue weighted by Crippen LogP contribution is 2.52. The van der Waals surface area contributed by atoms with Crippen LogP contribution in [0.5, 0.6) is 0 Å². The highest BCUT2D eigenvalue weighted by atomic mass is 32.2. The number of nitrogens with zero attached hydrogens (tertiary/aromatic N) is 1. The van der Waals surface area contributed by atoms with E-state index in [1.54, 1.807) is 12.1 Å². The Bertz CT molecular complexity index is 778. The smallest absolute Gasteiger partial charge is 0.307 e. The Morgan fingerprint density at radius 2 is 1.84 bits per heavy atom. The predicted octanol–water partition coefficient (Wildman–Crippen LogP) is 2.41. The molecule has 3 rings (SSSR count). The van der Waals surface area contributed by atoms with Gasteiger partial charge in [-0.3, -0.25) is 9.59 Å². The molecule has 0 aromatic heterocycles. The van der Waals surface area contributed by atoms with Crippen LogP contribution < -0.4 is 0 Å². The van der Waals surface area contributed by atoms with E-state index in [0.717, 1.165) is 35.6 Å². The minimum atomic E-state index is -4.00. The lowest BCUT2D eigenvalue weighted by Gasteiger charge is -2.33. The standard InChI is InChI=1S/C18H23NO5S/c1-13-5-7-14(8-6-13)25(22,23)19-15(11-17(21)24-2)18(12-16(19)20)9-3-4-10-18/h5-8,15H,3-4,9-12H2,1-2H3. The van der Waals surface area contributed by atoms with Gasteiger partial charge < -0.3 is 4.74 Å². The first kappa shape index (κ1) is 17.9. The first-order valence-electron chi connectivity index (χ1n) is 8.51. The monoisotopic (exact) mass is 365 g/mol. The van der Waals surface area contributed by atoms with Gasteiger partial charge in [-0.1, -0.05) is 30.5 Å². The number of ether oxygens (including phenoxy) is 1. The number of carbonyl (C=O) groups excluding carboxylic acids is 2. The molecule has 0 N–H and O–H groups in total. The van der Waals surface area contributed by atoms with E-state index in [9.17, 15) is 18.0 Å². The molecule has 0 bridgehead atoms. The summed E-state index contributed by atoms with van der Waals surface area (Å²) in [5, 5.41) is 0. The van der Waals surface area contributed by atoms with Gasteiger partial charge in [0, 0.05) is 11.8 Å². The maximum absolute atomic E-state index is 13.1. The third-order valence-corrected chi connectivity index (χ3v) is 7.35. The van der Waals surface area contributed by atoms with Crippen LogP contribution in [-0.4, -0.2) is 37.8 Å². The molecule has 1 unspecified atom stereocenters. The zero-order valence-corrected chi connectivity index (χ0v) is 15.3. The number of amides is 1. The lowest BCUT2D eigenvalue weighted by Crippen LogP contribution is -2.44. The van der Waals surface area contributed by atoms with Gasteiger partial charge in [-0.05, 0) is 31.9 Å². The summed E-state index contributed by atoms with van der Waals surface area (Å²) in [6.45, 7) is 1.87. The summed E-state index contributed by atoms with van der Waals surface area (Å²) in [6, 6.07) is 5.75. The number of esters is 1. The molecule has 1 aromatic rings. The lowest BCUT2D eigenvalue weighted by atomic mass is 9.77. The van der Waals surface area contributed by atoms with Gasteiger partial charge in [0.25, 0.3) is 10.0 Å². The highest BCUT2D eigenvalue weighted by Gasteiger charge is 2.57. The predicted molar refractivity (Wildman–Crippen MR) is 91.1 cm³/mol. The summed E-state index contributed by atoms with van der Waals surface area (Å²) >= 11 is 0. The highest BCUT2D eigenvalue weighted by molar-refractivity contribution is 7.89. The third-order valence-electron chi connectivity index (χ3n) is 5.50. The number of aryl methyl sites for hydroxylation is 1. The lowest BCUT2D eigenvalue weighted by molar-refractivity contribution is -0.142. The van der Waals surface area contributed by atoms with Crippen LogP contribution in [0.25, 0.3) is 0 Å². The summed E-state index contributed by atoms with van der Waals surface area (Å²) in [5.74, 6) is -0.911. The van der Waals surface area contributed by atoms with E-state index in [4.69, 9.17) is 4.74 Å². The van der Waals surface area contributed by atoms with Gasteiger partial charge in [0.2, 0.25) is 5.91 Å². The zero-order valence-electron chi connectivity index (χ0n) is 14.5. The number of hydrogen-bond donors (Lipinski definition) is 0. The normalized spacial score (nSPS) is 22.6. The van der Waals surface area contributed by atoms with Crippen molar-refractivity contribution < 1.29 is 22.7 Å². The Kier molecular flexibility index (Phi) is 4.62. The van der Waals surface area contributed by atoms with Gasteiger partial charge in [0.05, 0.1) is 24.5 Å². The fourth-order valence-corrected chi connectivity index (χ4v) is 5.85. The molecule has 136 valence electrons. The van der Waals surface area contributed by atoms with Gasteiger partial charge in [-0.2, -0.15) is 0 Å². The number of rotatable bonds is 4. The maximum atomic E-state index is 13.1. The van der Waals surface area contributed by atoms with Crippen molar-refractivity contribution in [2.24, 2.45) is 5.41 Å². The van der Waals surface area contributed by atoms with Gasteiger partial charge >= 0.3 is 5.97 Å². The van der Waals surface area contributed by atoms with Crippen LogP contribution in [0.2, 0.25) is 0 Å². The Morgan fingerprint density at radius 1 is 1.24 bits per heavy atom. The molecule has 1 aliphatic carbocycles. The van der Waals surface area contributed by atoms with E-state index < -0.39 is 33.4 Å². The molecule has 1 aliphatic heterocycles. The van der Waals surface area contributed by atoms with Crippen LogP contribution in [0.3, 0.4) is 0 Å². The summed E-state index contributed by atoms with van der Waals surface area (Å²) in [5.41, 5.74) is 0.494. The van der Waals surface area contributed by atoms with Crippen LogP contribution in [0, 0.1) is 12.3 Å². The topological polar surface area (TPSA) is 80.8 Å². The number of methoxy groups -OCH3 is 1. The van der Waals surface area contributed by atoms with Crippen molar-refractivity contribution in [1.82, 2.24) is 4.31 Å². The second-order valence-corrected chi connectivity index (χ2v) is 8.86. The van der Waals surface area contributed by atoms with Gasteiger partial charge in [0.15, 0.2) is 0 Å². The average molecular weight is 365 g/mol. The molecular weight excluding hydrogens is 342 g/mol. The summed E-state index contributed by atoms with van der Waals surface area (Å²) in [6.07, 6.45) is 3.51. The molecule has 6 nitrogen and oxygen atoms in total. The molecule has 1 aromatic carbocycles. The molecule has 1 saturated carbocycles. The minimum absolute atomic E-state index is 0.0800. The molecule has 0 radical (unpaired) electrons. The molecule has 2 fully saturated rings. The van der Waals surface area contributed by atoms with Crippen molar-refractivity contribution in [3.63, 3.8) is 0 Å². The van der Waals surface area contributed by atoms with Crippen molar-refractivity contribution >= 4 is 21.9 Å². The Labute approximate surface area is 148 Å². The second kappa shape index (κ2) is 6.44. The fraction of sp³-hybridized carbons (Fsp3) is 0.556. The van der Waals surface area contributed by atoms with Crippen molar-refractivity contribution in [3.8, 4) is 0 Å². The number of hydrogen-bond acceptors (Lipinski definition) is 5. The van der Waals surface area contributed by atoms with Crippen molar-refractivity contribution in [2.75, 3.05) is 7.11 Å². The Balaban J connectivity index is 2.03. The summed E-state index contributed by atoms with van der Waals surface area (Å²) in [4.78, 5) is 24.7. The summed E-state index contributed by atoms with van der Waals surface area (Å²) < 4.78 is 32.0. The number of sulfonamides is 1. The van der Waals surface area contributed by atoms with Crippen molar-refractivity contribution in [1.29, 1.82) is 0 Å². The summed E-state index contributed by atoms with van der Waals surface area (Å²) in [7, 11) is -2.72. The van der Waals surface area contributed by atoms with Crippen molar-refractivity contribution in [2.45, 2.75) is 56.4 Å². The van der Waals surface area contributed by atoms with Crippen LogP contribution in [0.4, 0.5) is 0 Å². The van der Waals surface area contributed by atoms with Gasteiger partial charge in [-0.15, -0.1) is 0 Å². The fourth-order valence-electron chi connectivity index (χ4n) is 4.17. The van der Waals surface area contributed by atoms with E-state index in [1.807, 2.05) is 6.92 Å². The van der Waals surface area contributed by atoms with Gasteiger partial charge in [-0.25, -0.2) is 12.7 Å². The number of carbonyl (C=O) groups is 2. The van der Waals surface area contributed by atoms with Crippen LogP contribution in [0.1, 0.15) is 44.1 Å². The number of benzene rings is 1. The minimum Gasteiger partial charge on any atom is -0.469 e. The SMILES string of the molecule is COC(=O)CC1N(S(=O)(=O)c2ccc(C)cc2)C(=O)CC12CCCC2. The van der Waals surface area contributed by atoms with Crippen LogP contribution in [0.15, 0.2) is 29.2 Å². The molecule has 25 heavy (non-hydrogen) atoms. The third kappa shape index (κ3) is 3.05. The molecule has 2 aliphatic rings. The molecule has 7 heteroatoms. The molecule has 1 saturated heterocycles. The van der Waals surface area contributed by atoms with E-state index in [1.165, 1.54) is 19.2 Å². The molecule has 1 amide bonds. The van der Waals surface area contributed by atoms with E-state index in [0.29, 0.717) is 0 Å².